The predicted octanol–water partition coefficient (Wildman–Crippen LogP) is 1.66. The van der Waals surface area contributed by atoms with E-state index in [0.29, 0.717) is 22.9 Å². The number of hydrogen-bond acceptors (Lipinski definition) is 3. The summed E-state index contributed by atoms with van der Waals surface area (Å²) in [6.45, 7) is 0.115. The number of anilines is 1. The molecular weight excluding hydrogens is 254 g/mol. The summed E-state index contributed by atoms with van der Waals surface area (Å²) in [5.74, 6) is 5.10. The van der Waals surface area contributed by atoms with Gasteiger partial charge in [-0.1, -0.05) is 23.4 Å². The summed E-state index contributed by atoms with van der Waals surface area (Å²) in [7, 11) is 1.53. The smallest absolute Gasteiger partial charge is 0.226 e. The summed E-state index contributed by atoms with van der Waals surface area (Å²) >= 11 is 5.87. The number of nitrogens with one attached hydrogen (secondary N) is 1. The Morgan fingerprint density at radius 1 is 1.56 bits per heavy atom. The standard InChI is InChI=1S/C13H14ClNO3/c1-18-8-6-13(17)15-12-9-11(14)5-4-10(12)3-2-7-16/h4-5,9,16H,6-8H2,1H3,(H,15,17). The van der Waals surface area contributed by atoms with Gasteiger partial charge in [-0.2, -0.15) is 0 Å². The Labute approximate surface area is 111 Å². The zero-order valence-corrected chi connectivity index (χ0v) is 10.8. The third-order valence-electron chi connectivity index (χ3n) is 2.09. The van der Waals surface area contributed by atoms with Gasteiger partial charge >= 0.3 is 0 Å². The molecule has 2 N–H and O–H groups in total. The molecule has 0 saturated heterocycles. The molecule has 0 saturated carbocycles. The third-order valence-corrected chi connectivity index (χ3v) is 2.33. The van der Waals surface area contributed by atoms with Gasteiger partial charge in [0.15, 0.2) is 0 Å². The maximum absolute atomic E-state index is 11.6. The van der Waals surface area contributed by atoms with E-state index in [0.717, 1.165) is 0 Å². The number of aliphatic hydroxyl groups is 1. The Balaban J connectivity index is 2.85. The maximum atomic E-state index is 11.6. The van der Waals surface area contributed by atoms with Crippen molar-refractivity contribution in [2.24, 2.45) is 0 Å². The van der Waals surface area contributed by atoms with Gasteiger partial charge in [0.2, 0.25) is 5.91 Å². The van der Waals surface area contributed by atoms with Crippen LogP contribution in [0.1, 0.15) is 12.0 Å². The zero-order valence-electron chi connectivity index (χ0n) is 10.00. The minimum Gasteiger partial charge on any atom is -0.384 e. The Morgan fingerprint density at radius 2 is 2.33 bits per heavy atom. The van der Waals surface area contributed by atoms with E-state index in [1.54, 1.807) is 18.2 Å². The molecule has 1 aromatic carbocycles. The number of methoxy groups -OCH3 is 1. The van der Waals surface area contributed by atoms with E-state index in [1.807, 2.05) is 0 Å². The van der Waals surface area contributed by atoms with E-state index < -0.39 is 0 Å². The van der Waals surface area contributed by atoms with Crippen molar-refractivity contribution in [2.45, 2.75) is 6.42 Å². The number of aliphatic hydroxyl groups excluding tert-OH is 1. The average Bonchev–Trinajstić information content (AvgIpc) is 2.35. The lowest BCUT2D eigenvalue weighted by molar-refractivity contribution is -0.117. The third kappa shape index (κ3) is 4.76. The highest BCUT2D eigenvalue weighted by atomic mass is 35.5. The van der Waals surface area contributed by atoms with Crippen LogP contribution in [0.15, 0.2) is 18.2 Å². The summed E-state index contributed by atoms with van der Waals surface area (Å²) in [6, 6.07) is 4.98. The Hall–Kier alpha value is -1.54. The molecule has 1 aromatic rings. The van der Waals surface area contributed by atoms with E-state index in [9.17, 15) is 4.79 Å². The van der Waals surface area contributed by atoms with Crippen LogP contribution in [0.4, 0.5) is 5.69 Å². The fraction of sp³-hybridized carbons (Fsp3) is 0.308. The van der Waals surface area contributed by atoms with Crippen molar-refractivity contribution < 1.29 is 14.6 Å². The second kappa shape index (κ2) is 7.72. The molecule has 0 aromatic heterocycles. The van der Waals surface area contributed by atoms with Crippen molar-refractivity contribution in [3.05, 3.63) is 28.8 Å². The lowest BCUT2D eigenvalue weighted by Gasteiger charge is -2.07. The predicted molar refractivity (Wildman–Crippen MR) is 70.5 cm³/mol. The molecule has 0 heterocycles. The van der Waals surface area contributed by atoms with Gasteiger partial charge < -0.3 is 15.2 Å². The van der Waals surface area contributed by atoms with E-state index in [-0.39, 0.29) is 18.9 Å². The minimum absolute atomic E-state index is 0.175. The maximum Gasteiger partial charge on any atom is 0.226 e. The molecule has 18 heavy (non-hydrogen) atoms. The SMILES string of the molecule is COCCC(=O)Nc1cc(Cl)ccc1C#CCO. The molecular formula is C13H14ClNO3. The topological polar surface area (TPSA) is 58.6 Å². The number of amides is 1. The van der Waals surface area contributed by atoms with Gasteiger partial charge in [-0.15, -0.1) is 0 Å². The first kappa shape index (κ1) is 14.5. The first-order chi connectivity index (χ1) is 8.67. The lowest BCUT2D eigenvalue weighted by Crippen LogP contribution is -2.14. The van der Waals surface area contributed by atoms with Gasteiger partial charge in [0, 0.05) is 17.7 Å². The van der Waals surface area contributed by atoms with Crippen molar-refractivity contribution >= 4 is 23.2 Å². The molecule has 0 aliphatic rings. The molecule has 0 atom stereocenters. The van der Waals surface area contributed by atoms with Gasteiger partial charge in [0.1, 0.15) is 6.61 Å². The highest BCUT2D eigenvalue weighted by Crippen LogP contribution is 2.20. The molecule has 4 nitrogen and oxygen atoms in total. The fourth-order valence-electron chi connectivity index (χ4n) is 1.27. The van der Waals surface area contributed by atoms with E-state index >= 15 is 0 Å². The van der Waals surface area contributed by atoms with Gasteiger partial charge in [-0.3, -0.25) is 4.79 Å². The second-order valence-electron chi connectivity index (χ2n) is 3.44. The van der Waals surface area contributed by atoms with Crippen LogP contribution in [-0.2, 0) is 9.53 Å². The summed E-state index contributed by atoms with van der Waals surface area (Å²) in [4.78, 5) is 11.6. The monoisotopic (exact) mass is 267 g/mol. The summed E-state index contributed by atoms with van der Waals surface area (Å²) in [5, 5.41) is 11.9. The molecule has 5 heteroatoms. The highest BCUT2D eigenvalue weighted by molar-refractivity contribution is 6.31. The van der Waals surface area contributed by atoms with Crippen LogP contribution >= 0.6 is 11.6 Å². The molecule has 0 bridgehead atoms. The summed E-state index contributed by atoms with van der Waals surface area (Å²) in [6.07, 6.45) is 0.260. The normalized spacial score (nSPS) is 9.50. The zero-order chi connectivity index (χ0) is 13.4. The number of benzene rings is 1. The van der Waals surface area contributed by atoms with E-state index in [1.165, 1.54) is 7.11 Å². The molecule has 96 valence electrons. The van der Waals surface area contributed by atoms with Crippen LogP contribution in [0.25, 0.3) is 0 Å². The first-order valence-corrected chi connectivity index (χ1v) is 5.73. The summed E-state index contributed by atoms with van der Waals surface area (Å²) in [5.41, 5.74) is 1.14. The first-order valence-electron chi connectivity index (χ1n) is 5.35. The van der Waals surface area contributed by atoms with Crippen LogP contribution in [0, 0.1) is 11.8 Å². The number of ether oxygens (including phenoxy) is 1. The Morgan fingerprint density at radius 3 is 3.00 bits per heavy atom. The molecule has 1 amide bonds. The molecule has 0 spiro atoms. The van der Waals surface area contributed by atoms with Gasteiger partial charge in [-0.25, -0.2) is 0 Å². The minimum atomic E-state index is -0.236. The number of hydrogen-bond donors (Lipinski definition) is 2. The molecule has 0 aliphatic carbocycles. The van der Waals surface area contributed by atoms with Crippen LogP contribution in [0.3, 0.4) is 0 Å². The van der Waals surface area contributed by atoms with Crippen LogP contribution < -0.4 is 5.32 Å². The Kier molecular flexibility index (Phi) is 6.23. The van der Waals surface area contributed by atoms with Crippen LogP contribution in [0.2, 0.25) is 5.02 Å². The molecule has 1 rings (SSSR count). The second-order valence-corrected chi connectivity index (χ2v) is 3.88. The van der Waals surface area contributed by atoms with E-state index in [4.69, 9.17) is 21.4 Å². The van der Waals surface area contributed by atoms with Crippen LogP contribution in [-0.4, -0.2) is 31.3 Å². The molecule has 0 aliphatic heterocycles. The van der Waals surface area contributed by atoms with E-state index in [2.05, 4.69) is 17.2 Å². The number of halogens is 1. The van der Waals surface area contributed by atoms with Crippen LogP contribution in [0.5, 0.6) is 0 Å². The van der Waals surface area contributed by atoms with Crippen molar-refractivity contribution in [3.63, 3.8) is 0 Å². The van der Waals surface area contributed by atoms with Crippen molar-refractivity contribution in [2.75, 3.05) is 25.6 Å². The van der Waals surface area contributed by atoms with Crippen molar-refractivity contribution in [3.8, 4) is 11.8 Å². The quantitative estimate of drug-likeness (QED) is 0.816. The lowest BCUT2D eigenvalue weighted by atomic mass is 10.1. The molecule has 0 fully saturated rings. The van der Waals surface area contributed by atoms with Crippen molar-refractivity contribution in [1.29, 1.82) is 0 Å². The average molecular weight is 268 g/mol. The molecule has 0 unspecified atom stereocenters. The number of rotatable bonds is 4. The van der Waals surface area contributed by atoms with Gasteiger partial charge in [0.25, 0.3) is 0 Å². The number of carbonyl (C=O) groups excluding carboxylic acids is 1. The van der Waals surface area contributed by atoms with Gasteiger partial charge in [0.05, 0.1) is 18.7 Å². The summed E-state index contributed by atoms with van der Waals surface area (Å²) < 4.78 is 4.82. The largest absolute Gasteiger partial charge is 0.384 e. The number of carbonyl (C=O) groups is 1. The molecule has 0 radical (unpaired) electrons. The van der Waals surface area contributed by atoms with Gasteiger partial charge in [-0.05, 0) is 18.2 Å². The fourth-order valence-corrected chi connectivity index (χ4v) is 1.44. The Bertz CT molecular complexity index is 477. The van der Waals surface area contributed by atoms with Crippen molar-refractivity contribution in [1.82, 2.24) is 0 Å². The highest BCUT2D eigenvalue weighted by Gasteiger charge is 2.06.